The molecular formula is C12H15N3S. The van der Waals surface area contributed by atoms with Gasteiger partial charge in [-0.15, -0.1) is 0 Å². The summed E-state index contributed by atoms with van der Waals surface area (Å²) in [4.78, 5) is 5.12. The van der Waals surface area contributed by atoms with E-state index in [1.54, 1.807) is 0 Å². The number of fused-ring (bicyclic) bond motifs is 1. The van der Waals surface area contributed by atoms with E-state index in [0.29, 0.717) is 17.3 Å². The summed E-state index contributed by atoms with van der Waals surface area (Å²) in [5.74, 6) is 0.379. The second-order valence-electron chi connectivity index (χ2n) is 4.17. The standard InChI is InChI=1S/C12H15N3S/c1-8(2)12-9(7-10(13)16)15-6-4-3-5-11(15)14-12/h3-6,8H,7H2,1-2H3,(H2,13,16). The largest absolute Gasteiger partial charge is 0.393 e. The van der Waals surface area contributed by atoms with E-state index in [2.05, 4.69) is 23.2 Å². The molecule has 2 N–H and O–H groups in total. The van der Waals surface area contributed by atoms with E-state index >= 15 is 0 Å². The van der Waals surface area contributed by atoms with Gasteiger partial charge in [0.1, 0.15) is 5.65 Å². The van der Waals surface area contributed by atoms with E-state index in [-0.39, 0.29) is 0 Å². The van der Waals surface area contributed by atoms with Crippen LogP contribution in [0.4, 0.5) is 0 Å². The summed E-state index contributed by atoms with van der Waals surface area (Å²) >= 11 is 4.99. The number of aromatic nitrogens is 2. The number of nitrogens with zero attached hydrogens (tertiary/aromatic N) is 2. The Morgan fingerprint density at radius 2 is 2.25 bits per heavy atom. The molecule has 0 radical (unpaired) electrons. The molecule has 4 heteroatoms. The van der Waals surface area contributed by atoms with Crippen LogP contribution in [0.1, 0.15) is 31.2 Å². The Kier molecular flexibility index (Phi) is 2.92. The lowest BCUT2D eigenvalue weighted by Gasteiger charge is -2.06. The average molecular weight is 233 g/mol. The third-order valence-corrected chi connectivity index (χ3v) is 2.69. The first-order chi connectivity index (χ1) is 7.59. The highest BCUT2D eigenvalue weighted by Gasteiger charge is 2.14. The van der Waals surface area contributed by atoms with Crippen LogP contribution in [0.2, 0.25) is 0 Å². The monoisotopic (exact) mass is 233 g/mol. The Balaban J connectivity index is 2.64. The molecule has 0 aliphatic heterocycles. The summed E-state index contributed by atoms with van der Waals surface area (Å²) in [6, 6.07) is 5.97. The molecule has 0 saturated heterocycles. The maximum Gasteiger partial charge on any atom is 0.137 e. The minimum Gasteiger partial charge on any atom is -0.393 e. The van der Waals surface area contributed by atoms with Gasteiger partial charge in [-0.2, -0.15) is 0 Å². The van der Waals surface area contributed by atoms with E-state index in [1.807, 2.05) is 24.4 Å². The van der Waals surface area contributed by atoms with Crippen LogP contribution in [0.25, 0.3) is 5.65 Å². The third kappa shape index (κ3) is 1.93. The smallest absolute Gasteiger partial charge is 0.137 e. The van der Waals surface area contributed by atoms with Crippen molar-refractivity contribution in [3.8, 4) is 0 Å². The molecule has 2 aromatic heterocycles. The van der Waals surface area contributed by atoms with Gasteiger partial charge in [0, 0.05) is 12.6 Å². The summed E-state index contributed by atoms with van der Waals surface area (Å²) in [5.41, 5.74) is 8.78. The molecular weight excluding hydrogens is 218 g/mol. The maximum absolute atomic E-state index is 5.63. The second-order valence-corrected chi connectivity index (χ2v) is 4.69. The van der Waals surface area contributed by atoms with Gasteiger partial charge in [0.15, 0.2) is 0 Å². The van der Waals surface area contributed by atoms with Gasteiger partial charge in [0.2, 0.25) is 0 Å². The summed E-state index contributed by atoms with van der Waals surface area (Å²) < 4.78 is 2.06. The molecule has 0 fully saturated rings. The van der Waals surface area contributed by atoms with Crippen molar-refractivity contribution in [2.45, 2.75) is 26.2 Å². The van der Waals surface area contributed by atoms with Gasteiger partial charge < -0.3 is 10.1 Å². The number of nitrogens with two attached hydrogens (primary N) is 1. The van der Waals surface area contributed by atoms with Crippen LogP contribution < -0.4 is 5.73 Å². The van der Waals surface area contributed by atoms with Crippen LogP contribution >= 0.6 is 12.2 Å². The highest BCUT2D eigenvalue weighted by Crippen LogP contribution is 2.21. The molecule has 0 bridgehead atoms. The van der Waals surface area contributed by atoms with Gasteiger partial charge in [0.05, 0.1) is 16.4 Å². The van der Waals surface area contributed by atoms with Crippen LogP contribution in [0, 0.1) is 0 Å². The quantitative estimate of drug-likeness (QED) is 0.827. The fourth-order valence-corrected chi connectivity index (χ4v) is 2.00. The lowest BCUT2D eigenvalue weighted by molar-refractivity contribution is 0.816. The maximum atomic E-state index is 5.63. The predicted octanol–water partition coefficient (Wildman–Crippen LogP) is 2.29. The summed E-state index contributed by atoms with van der Waals surface area (Å²) in [5, 5.41) is 0. The van der Waals surface area contributed by atoms with Gasteiger partial charge in [-0.1, -0.05) is 32.1 Å². The highest BCUT2D eigenvalue weighted by atomic mass is 32.1. The third-order valence-electron chi connectivity index (χ3n) is 2.55. The number of hydrogen-bond acceptors (Lipinski definition) is 2. The predicted molar refractivity (Wildman–Crippen MR) is 69.8 cm³/mol. The normalized spacial score (nSPS) is 11.2. The van der Waals surface area contributed by atoms with Crippen LogP contribution in [0.3, 0.4) is 0 Å². The zero-order chi connectivity index (χ0) is 11.7. The summed E-state index contributed by atoms with van der Waals surface area (Å²) in [7, 11) is 0. The van der Waals surface area contributed by atoms with Crippen molar-refractivity contribution in [3.63, 3.8) is 0 Å². The average Bonchev–Trinajstić information content (AvgIpc) is 2.57. The van der Waals surface area contributed by atoms with Crippen LogP contribution in [-0.4, -0.2) is 14.4 Å². The van der Waals surface area contributed by atoms with Gasteiger partial charge in [-0.3, -0.25) is 0 Å². The lowest BCUT2D eigenvalue weighted by Crippen LogP contribution is -2.14. The Morgan fingerprint density at radius 1 is 1.50 bits per heavy atom. The Labute approximate surface area is 100 Å². The van der Waals surface area contributed by atoms with E-state index in [1.165, 1.54) is 0 Å². The van der Waals surface area contributed by atoms with Crippen molar-refractivity contribution in [2.24, 2.45) is 5.73 Å². The molecule has 84 valence electrons. The molecule has 0 aromatic carbocycles. The van der Waals surface area contributed by atoms with Gasteiger partial charge in [0.25, 0.3) is 0 Å². The summed E-state index contributed by atoms with van der Waals surface area (Å²) in [6.07, 6.45) is 2.61. The van der Waals surface area contributed by atoms with Gasteiger partial charge >= 0.3 is 0 Å². The van der Waals surface area contributed by atoms with E-state index in [9.17, 15) is 0 Å². The molecule has 0 saturated carbocycles. The van der Waals surface area contributed by atoms with Crippen molar-refractivity contribution in [2.75, 3.05) is 0 Å². The van der Waals surface area contributed by atoms with Crippen LogP contribution in [0.15, 0.2) is 24.4 Å². The number of imidazole rings is 1. The Bertz CT molecular complexity index is 528. The molecule has 2 aromatic rings. The molecule has 3 nitrogen and oxygen atoms in total. The number of pyridine rings is 1. The minimum absolute atomic E-state index is 0.379. The van der Waals surface area contributed by atoms with Crippen LogP contribution in [-0.2, 0) is 6.42 Å². The fourth-order valence-electron chi connectivity index (χ4n) is 1.87. The molecule has 0 amide bonds. The highest BCUT2D eigenvalue weighted by molar-refractivity contribution is 7.80. The zero-order valence-corrected chi connectivity index (χ0v) is 10.3. The number of rotatable bonds is 3. The number of thiocarbonyl (C=S) groups is 1. The molecule has 16 heavy (non-hydrogen) atoms. The van der Waals surface area contributed by atoms with Crippen molar-refractivity contribution >= 4 is 22.9 Å². The van der Waals surface area contributed by atoms with E-state index < -0.39 is 0 Å². The van der Waals surface area contributed by atoms with Crippen molar-refractivity contribution in [1.29, 1.82) is 0 Å². The minimum atomic E-state index is 0.379. The fraction of sp³-hybridized carbons (Fsp3) is 0.333. The van der Waals surface area contributed by atoms with E-state index in [0.717, 1.165) is 17.0 Å². The first-order valence-electron chi connectivity index (χ1n) is 5.33. The Morgan fingerprint density at radius 3 is 2.88 bits per heavy atom. The SMILES string of the molecule is CC(C)c1nc2ccccn2c1CC(N)=S. The van der Waals surface area contributed by atoms with Crippen molar-refractivity contribution < 1.29 is 0 Å². The molecule has 0 aliphatic rings. The molecule has 0 aliphatic carbocycles. The van der Waals surface area contributed by atoms with Crippen molar-refractivity contribution in [3.05, 3.63) is 35.8 Å². The molecule has 0 spiro atoms. The topological polar surface area (TPSA) is 43.3 Å². The van der Waals surface area contributed by atoms with Gasteiger partial charge in [-0.25, -0.2) is 4.98 Å². The van der Waals surface area contributed by atoms with E-state index in [4.69, 9.17) is 18.0 Å². The zero-order valence-electron chi connectivity index (χ0n) is 9.47. The second kappa shape index (κ2) is 4.22. The Hall–Kier alpha value is -1.42. The van der Waals surface area contributed by atoms with Crippen molar-refractivity contribution in [1.82, 2.24) is 9.38 Å². The molecule has 0 atom stereocenters. The van der Waals surface area contributed by atoms with Crippen LogP contribution in [0.5, 0.6) is 0 Å². The lowest BCUT2D eigenvalue weighted by atomic mass is 10.1. The first kappa shape index (κ1) is 11.1. The molecule has 2 rings (SSSR count). The molecule has 2 heterocycles. The first-order valence-corrected chi connectivity index (χ1v) is 5.74. The number of hydrogen-bond donors (Lipinski definition) is 1. The molecule has 0 unspecified atom stereocenters. The van der Waals surface area contributed by atoms with Gasteiger partial charge in [-0.05, 0) is 18.1 Å². The summed E-state index contributed by atoms with van der Waals surface area (Å²) in [6.45, 7) is 4.26.